The molecule has 0 radical (unpaired) electrons. The SMILES string of the molecule is Cc1cc2c(ccc3c4c(C)c5ccccc5cc4c4nccn4c23)s1. The molecule has 0 aliphatic heterocycles. The number of benzene rings is 3. The lowest BCUT2D eigenvalue weighted by Crippen LogP contribution is -1.93. The van der Waals surface area contributed by atoms with Gasteiger partial charge >= 0.3 is 0 Å². The third-order valence-electron chi connectivity index (χ3n) is 5.50. The van der Waals surface area contributed by atoms with Gasteiger partial charge in [0.25, 0.3) is 0 Å². The van der Waals surface area contributed by atoms with Gasteiger partial charge in [-0.05, 0) is 53.8 Å². The molecule has 0 bridgehead atoms. The molecule has 3 aromatic carbocycles. The number of imidazole rings is 1. The Kier molecular flexibility index (Phi) is 2.65. The van der Waals surface area contributed by atoms with Crippen LogP contribution in [0.4, 0.5) is 0 Å². The van der Waals surface area contributed by atoms with Gasteiger partial charge < -0.3 is 0 Å². The third kappa shape index (κ3) is 1.68. The molecule has 3 aromatic heterocycles. The summed E-state index contributed by atoms with van der Waals surface area (Å²) in [7, 11) is 0. The molecule has 0 unspecified atom stereocenters. The zero-order valence-electron chi connectivity index (χ0n) is 14.6. The predicted octanol–water partition coefficient (Wildman–Crippen LogP) is 6.63. The number of pyridine rings is 1. The highest BCUT2D eigenvalue weighted by atomic mass is 32.1. The summed E-state index contributed by atoms with van der Waals surface area (Å²) in [5, 5.41) is 7.77. The maximum absolute atomic E-state index is 4.72. The van der Waals surface area contributed by atoms with Crippen LogP contribution in [0.1, 0.15) is 10.4 Å². The van der Waals surface area contributed by atoms with E-state index < -0.39 is 0 Å². The van der Waals surface area contributed by atoms with Crippen molar-refractivity contribution in [2.45, 2.75) is 13.8 Å². The Morgan fingerprint density at radius 3 is 2.69 bits per heavy atom. The molecular formula is C23H16N2S. The smallest absolute Gasteiger partial charge is 0.145 e. The van der Waals surface area contributed by atoms with Crippen LogP contribution < -0.4 is 0 Å². The molecule has 6 aromatic rings. The van der Waals surface area contributed by atoms with Gasteiger partial charge in [-0.3, -0.25) is 4.40 Å². The minimum absolute atomic E-state index is 1.04. The lowest BCUT2D eigenvalue weighted by Gasteiger charge is -2.14. The number of fused-ring (bicyclic) bond motifs is 9. The van der Waals surface area contributed by atoms with Gasteiger partial charge in [0.2, 0.25) is 0 Å². The van der Waals surface area contributed by atoms with Crippen molar-refractivity contribution in [3.8, 4) is 0 Å². The number of thiophene rings is 1. The highest BCUT2D eigenvalue weighted by Gasteiger charge is 2.16. The van der Waals surface area contributed by atoms with Gasteiger partial charge in [0.05, 0.1) is 5.52 Å². The zero-order chi connectivity index (χ0) is 17.4. The Bertz CT molecular complexity index is 1500. The number of rotatable bonds is 0. The van der Waals surface area contributed by atoms with E-state index in [1.807, 2.05) is 17.5 Å². The quantitative estimate of drug-likeness (QED) is 0.222. The van der Waals surface area contributed by atoms with Crippen molar-refractivity contribution in [2.75, 3.05) is 0 Å². The van der Waals surface area contributed by atoms with E-state index in [0.717, 1.165) is 5.65 Å². The normalized spacial score (nSPS) is 12.2. The van der Waals surface area contributed by atoms with Crippen LogP contribution in [-0.2, 0) is 0 Å². The summed E-state index contributed by atoms with van der Waals surface area (Å²) in [6, 6.07) is 17.8. The Morgan fingerprint density at radius 2 is 1.77 bits per heavy atom. The monoisotopic (exact) mass is 352 g/mol. The van der Waals surface area contributed by atoms with Gasteiger partial charge in [0.15, 0.2) is 0 Å². The van der Waals surface area contributed by atoms with Crippen molar-refractivity contribution in [3.05, 3.63) is 71.4 Å². The molecule has 0 aliphatic carbocycles. The molecule has 124 valence electrons. The van der Waals surface area contributed by atoms with Gasteiger partial charge in [-0.2, -0.15) is 0 Å². The van der Waals surface area contributed by atoms with Gasteiger partial charge in [0, 0.05) is 38.1 Å². The second kappa shape index (κ2) is 4.83. The second-order valence-corrected chi connectivity index (χ2v) is 8.28. The first-order valence-electron chi connectivity index (χ1n) is 8.82. The van der Waals surface area contributed by atoms with Gasteiger partial charge in [-0.25, -0.2) is 4.98 Å². The van der Waals surface area contributed by atoms with Crippen molar-refractivity contribution >= 4 is 59.5 Å². The molecule has 0 saturated carbocycles. The summed E-state index contributed by atoms with van der Waals surface area (Å²) in [4.78, 5) is 6.07. The van der Waals surface area contributed by atoms with E-state index >= 15 is 0 Å². The summed E-state index contributed by atoms with van der Waals surface area (Å²) in [6.45, 7) is 4.42. The van der Waals surface area contributed by atoms with Crippen LogP contribution in [0.2, 0.25) is 0 Å². The van der Waals surface area contributed by atoms with E-state index in [1.54, 1.807) is 0 Å². The van der Waals surface area contributed by atoms with E-state index in [4.69, 9.17) is 4.98 Å². The molecule has 0 aliphatic rings. The average molecular weight is 352 g/mol. The minimum Gasteiger partial charge on any atom is -0.298 e. The number of aromatic nitrogens is 2. The summed E-state index contributed by atoms with van der Waals surface area (Å²) in [5.41, 5.74) is 3.64. The van der Waals surface area contributed by atoms with Crippen molar-refractivity contribution in [1.29, 1.82) is 0 Å². The van der Waals surface area contributed by atoms with Gasteiger partial charge in [0.1, 0.15) is 5.65 Å². The molecule has 0 spiro atoms. The van der Waals surface area contributed by atoms with E-state index in [1.165, 1.54) is 53.0 Å². The number of hydrogen-bond acceptors (Lipinski definition) is 2. The van der Waals surface area contributed by atoms with Crippen LogP contribution in [0.3, 0.4) is 0 Å². The molecule has 0 fully saturated rings. The molecule has 0 atom stereocenters. The maximum Gasteiger partial charge on any atom is 0.145 e. The lowest BCUT2D eigenvalue weighted by atomic mass is 9.95. The first kappa shape index (κ1) is 14.3. The van der Waals surface area contributed by atoms with Gasteiger partial charge in [-0.1, -0.05) is 30.3 Å². The van der Waals surface area contributed by atoms with Crippen molar-refractivity contribution < 1.29 is 0 Å². The van der Waals surface area contributed by atoms with Crippen LogP contribution in [0.25, 0.3) is 48.2 Å². The fourth-order valence-corrected chi connectivity index (χ4v) is 5.35. The molecule has 3 heteroatoms. The van der Waals surface area contributed by atoms with E-state index in [2.05, 4.69) is 73.0 Å². The van der Waals surface area contributed by atoms with Crippen molar-refractivity contribution in [2.24, 2.45) is 0 Å². The van der Waals surface area contributed by atoms with Crippen LogP contribution >= 0.6 is 11.3 Å². The minimum atomic E-state index is 1.04. The summed E-state index contributed by atoms with van der Waals surface area (Å²) >= 11 is 1.86. The Balaban J connectivity index is 2.02. The number of hydrogen-bond donors (Lipinski definition) is 0. The molecule has 0 amide bonds. The fourth-order valence-electron chi connectivity index (χ4n) is 4.42. The highest BCUT2D eigenvalue weighted by Crippen LogP contribution is 2.39. The van der Waals surface area contributed by atoms with E-state index in [9.17, 15) is 0 Å². The summed E-state index contributed by atoms with van der Waals surface area (Å²) < 4.78 is 3.60. The van der Waals surface area contributed by atoms with E-state index in [0.29, 0.717) is 0 Å². The van der Waals surface area contributed by atoms with Gasteiger partial charge in [-0.15, -0.1) is 11.3 Å². The standard InChI is InChI=1S/C23H16N2S/c1-13-11-18-20(26-13)8-7-17-21-14(2)16-6-4-3-5-15(16)12-19(21)23-24-9-10-25(23)22(17)18/h3-12H,1-2H3. The molecule has 6 rings (SSSR count). The van der Waals surface area contributed by atoms with Crippen LogP contribution in [-0.4, -0.2) is 9.38 Å². The molecule has 2 nitrogen and oxygen atoms in total. The molecule has 3 heterocycles. The van der Waals surface area contributed by atoms with E-state index in [-0.39, 0.29) is 0 Å². The first-order valence-corrected chi connectivity index (χ1v) is 9.64. The van der Waals surface area contributed by atoms with Crippen LogP contribution in [0.5, 0.6) is 0 Å². The second-order valence-electron chi connectivity index (χ2n) is 7.00. The van der Waals surface area contributed by atoms with Crippen LogP contribution in [0.15, 0.2) is 60.9 Å². The third-order valence-corrected chi connectivity index (χ3v) is 6.51. The molecule has 26 heavy (non-hydrogen) atoms. The number of aryl methyl sites for hydroxylation is 2. The largest absolute Gasteiger partial charge is 0.298 e. The Morgan fingerprint density at radius 1 is 0.885 bits per heavy atom. The maximum atomic E-state index is 4.72. The molecular weight excluding hydrogens is 336 g/mol. The zero-order valence-corrected chi connectivity index (χ0v) is 15.4. The fraction of sp³-hybridized carbons (Fsp3) is 0.0870. The van der Waals surface area contributed by atoms with Crippen molar-refractivity contribution in [1.82, 2.24) is 9.38 Å². The van der Waals surface area contributed by atoms with Crippen molar-refractivity contribution in [3.63, 3.8) is 0 Å². The summed E-state index contributed by atoms with van der Waals surface area (Å²) in [5.74, 6) is 0. The lowest BCUT2D eigenvalue weighted by molar-refractivity contribution is 1.28. The predicted molar refractivity (Wildman–Crippen MR) is 113 cm³/mol. The molecule has 0 N–H and O–H groups in total. The van der Waals surface area contributed by atoms with Crippen LogP contribution in [0, 0.1) is 13.8 Å². The molecule has 0 saturated heterocycles. The number of nitrogens with zero attached hydrogens (tertiary/aromatic N) is 2. The first-order chi connectivity index (χ1) is 12.7. The Hall–Kier alpha value is -2.91. The Labute approximate surface area is 154 Å². The highest BCUT2D eigenvalue weighted by molar-refractivity contribution is 7.19. The topological polar surface area (TPSA) is 17.3 Å². The summed E-state index contributed by atoms with van der Waals surface area (Å²) in [6.07, 6.45) is 4.00. The average Bonchev–Trinajstić information content (AvgIpc) is 3.27.